The lowest BCUT2D eigenvalue weighted by atomic mass is 10.2. The Morgan fingerprint density at radius 3 is 2.93 bits per heavy atom. The minimum atomic E-state index is 0.215. The average molecular weight is 197 g/mol. The Balaban J connectivity index is 2.46. The standard InChI is InChI=1S/C10H19N3O/c1-4-5-9(7-11-3)14-10-6-8(2)12-13-10/h6,9,11H,4-5,7H2,1-3H3,(H,12,13). The maximum atomic E-state index is 5.71. The van der Waals surface area contributed by atoms with Crippen molar-refractivity contribution in [2.75, 3.05) is 13.6 Å². The van der Waals surface area contributed by atoms with Gasteiger partial charge in [-0.2, -0.15) is 0 Å². The summed E-state index contributed by atoms with van der Waals surface area (Å²) < 4.78 is 5.71. The van der Waals surface area contributed by atoms with E-state index in [0.29, 0.717) is 5.88 Å². The minimum Gasteiger partial charge on any atom is -0.472 e. The third-order valence-corrected chi connectivity index (χ3v) is 2.01. The molecule has 1 aromatic rings. The van der Waals surface area contributed by atoms with Crippen molar-refractivity contribution in [2.45, 2.75) is 32.8 Å². The Hall–Kier alpha value is -1.03. The number of H-pyrrole nitrogens is 1. The molecule has 4 nitrogen and oxygen atoms in total. The molecule has 1 aromatic heterocycles. The van der Waals surface area contributed by atoms with Gasteiger partial charge in [-0.05, 0) is 20.4 Å². The van der Waals surface area contributed by atoms with Gasteiger partial charge in [-0.25, -0.2) is 0 Å². The lowest BCUT2D eigenvalue weighted by molar-refractivity contribution is 0.181. The van der Waals surface area contributed by atoms with E-state index in [-0.39, 0.29) is 6.10 Å². The summed E-state index contributed by atoms with van der Waals surface area (Å²) in [5.74, 6) is 0.691. The van der Waals surface area contributed by atoms with Gasteiger partial charge in [0.05, 0.1) is 0 Å². The molecule has 14 heavy (non-hydrogen) atoms. The van der Waals surface area contributed by atoms with Crippen LogP contribution in [0.25, 0.3) is 0 Å². The van der Waals surface area contributed by atoms with Crippen LogP contribution < -0.4 is 10.1 Å². The topological polar surface area (TPSA) is 49.9 Å². The molecule has 0 aliphatic heterocycles. The highest BCUT2D eigenvalue weighted by atomic mass is 16.5. The summed E-state index contributed by atoms with van der Waals surface area (Å²) in [7, 11) is 1.93. The molecule has 1 atom stereocenters. The van der Waals surface area contributed by atoms with Crippen LogP contribution in [0.4, 0.5) is 0 Å². The van der Waals surface area contributed by atoms with E-state index in [9.17, 15) is 0 Å². The lowest BCUT2D eigenvalue weighted by Gasteiger charge is -2.15. The molecule has 2 N–H and O–H groups in total. The fourth-order valence-corrected chi connectivity index (χ4v) is 1.38. The van der Waals surface area contributed by atoms with E-state index >= 15 is 0 Å². The molecule has 80 valence electrons. The van der Waals surface area contributed by atoms with Gasteiger partial charge in [0.2, 0.25) is 5.88 Å². The predicted molar refractivity (Wildman–Crippen MR) is 56.6 cm³/mol. The Kier molecular flexibility index (Phi) is 4.46. The first kappa shape index (κ1) is 11.0. The van der Waals surface area contributed by atoms with Crippen molar-refractivity contribution in [3.63, 3.8) is 0 Å². The number of aromatic amines is 1. The normalized spacial score (nSPS) is 12.8. The van der Waals surface area contributed by atoms with Crippen LogP contribution in [0.2, 0.25) is 0 Å². The monoisotopic (exact) mass is 197 g/mol. The van der Waals surface area contributed by atoms with Crippen LogP contribution in [-0.2, 0) is 0 Å². The number of nitrogens with zero attached hydrogens (tertiary/aromatic N) is 1. The number of aryl methyl sites for hydroxylation is 1. The second-order valence-electron chi connectivity index (χ2n) is 3.48. The molecule has 0 amide bonds. The molecule has 4 heteroatoms. The van der Waals surface area contributed by atoms with Gasteiger partial charge in [0.15, 0.2) is 0 Å². The maximum Gasteiger partial charge on any atom is 0.233 e. The first-order chi connectivity index (χ1) is 6.76. The van der Waals surface area contributed by atoms with Crippen molar-refractivity contribution in [2.24, 2.45) is 0 Å². The molecule has 0 aliphatic carbocycles. The Bertz CT molecular complexity index is 254. The zero-order valence-electron chi connectivity index (χ0n) is 9.13. The molecule has 1 unspecified atom stereocenters. The summed E-state index contributed by atoms with van der Waals surface area (Å²) >= 11 is 0. The van der Waals surface area contributed by atoms with Crippen molar-refractivity contribution in [1.29, 1.82) is 0 Å². The molecule has 0 fully saturated rings. The second-order valence-corrected chi connectivity index (χ2v) is 3.48. The summed E-state index contributed by atoms with van der Waals surface area (Å²) in [4.78, 5) is 0. The number of ether oxygens (including phenoxy) is 1. The highest BCUT2D eigenvalue weighted by Gasteiger charge is 2.09. The Labute approximate surface area is 85.0 Å². The van der Waals surface area contributed by atoms with Gasteiger partial charge in [0, 0.05) is 18.3 Å². The van der Waals surface area contributed by atoms with Gasteiger partial charge in [-0.1, -0.05) is 13.3 Å². The van der Waals surface area contributed by atoms with Crippen LogP contribution in [-0.4, -0.2) is 29.9 Å². The molecule has 0 aromatic carbocycles. The van der Waals surface area contributed by atoms with E-state index < -0.39 is 0 Å². The van der Waals surface area contributed by atoms with Crippen molar-refractivity contribution < 1.29 is 4.74 Å². The van der Waals surface area contributed by atoms with Gasteiger partial charge in [0.1, 0.15) is 6.10 Å². The van der Waals surface area contributed by atoms with E-state index in [1.165, 1.54) is 0 Å². The smallest absolute Gasteiger partial charge is 0.233 e. The van der Waals surface area contributed by atoms with Crippen molar-refractivity contribution in [3.05, 3.63) is 11.8 Å². The molecular weight excluding hydrogens is 178 g/mol. The van der Waals surface area contributed by atoms with Gasteiger partial charge >= 0.3 is 0 Å². The van der Waals surface area contributed by atoms with E-state index in [1.807, 2.05) is 20.0 Å². The third-order valence-electron chi connectivity index (χ3n) is 2.01. The van der Waals surface area contributed by atoms with Gasteiger partial charge < -0.3 is 10.1 Å². The van der Waals surface area contributed by atoms with E-state index in [4.69, 9.17) is 4.74 Å². The summed E-state index contributed by atoms with van der Waals surface area (Å²) in [6.45, 7) is 4.98. The first-order valence-electron chi connectivity index (χ1n) is 5.09. The summed E-state index contributed by atoms with van der Waals surface area (Å²) in [5, 5.41) is 10.0. The number of rotatable bonds is 6. The number of hydrogen-bond acceptors (Lipinski definition) is 3. The average Bonchev–Trinajstić information content (AvgIpc) is 2.52. The summed E-state index contributed by atoms with van der Waals surface area (Å²) in [6.07, 6.45) is 2.38. The van der Waals surface area contributed by atoms with Crippen molar-refractivity contribution in [3.8, 4) is 5.88 Å². The van der Waals surface area contributed by atoms with E-state index in [0.717, 1.165) is 25.1 Å². The molecule has 0 bridgehead atoms. The summed E-state index contributed by atoms with van der Waals surface area (Å²) in [5.41, 5.74) is 1.03. The lowest BCUT2D eigenvalue weighted by Crippen LogP contribution is -2.29. The van der Waals surface area contributed by atoms with Gasteiger partial charge in [-0.3, -0.25) is 5.10 Å². The number of aromatic nitrogens is 2. The fraction of sp³-hybridized carbons (Fsp3) is 0.700. The van der Waals surface area contributed by atoms with Crippen LogP contribution >= 0.6 is 0 Å². The number of likely N-dealkylation sites (N-methyl/N-ethyl adjacent to an activating group) is 1. The van der Waals surface area contributed by atoms with Crippen LogP contribution in [0.15, 0.2) is 6.07 Å². The molecule has 1 rings (SSSR count). The molecule has 0 saturated carbocycles. The molecular formula is C10H19N3O. The molecule has 0 aliphatic rings. The van der Waals surface area contributed by atoms with Crippen LogP contribution in [0.1, 0.15) is 25.5 Å². The molecule has 0 spiro atoms. The molecule has 1 heterocycles. The predicted octanol–water partition coefficient (Wildman–Crippen LogP) is 1.49. The number of hydrogen-bond donors (Lipinski definition) is 2. The van der Waals surface area contributed by atoms with E-state index in [2.05, 4.69) is 22.4 Å². The molecule has 0 radical (unpaired) electrons. The quantitative estimate of drug-likeness (QED) is 0.726. The van der Waals surface area contributed by atoms with Crippen LogP contribution in [0, 0.1) is 6.92 Å². The second kappa shape index (κ2) is 5.65. The van der Waals surface area contributed by atoms with Gasteiger partial charge in [-0.15, -0.1) is 5.10 Å². The van der Waals surface area contributed by atoms with Crippen LogP contribution in [0.3, 0.4) is 0 Å². The van der Waals surface area contributed by atoms with Gasteiger partial charge in [0.25, 0.3) is 0 Å². The van der Waals surface area contributed by atoms with Crippen molar-refractivity contribution >= 4 is 0 Å². The maximum absolute atomic E-state index is 5.71. The Morgan fingerprint density at radius 2 is 2.43 bits per heavy atom. The minimum absolute atomic E-state index is 0.215. The van der Waals surface area contributed by atoms with E-state index in [1.54, 1.807) is 0 Å². The van der Waals surface area contributed by atoms with Crippen molar-refractivity contribution in [1.82, 2.24) is 15.5 Å². The SMILES string of the molecule is CCCC(CNC)Oc1cc(C)[nH]n1. The summed E-state index contributed by atoms with van der Waals surface area (Å²) in [6, 6.07) is 1.92. The largest absolute Gasteiger partial charge is 0.472 e. The third kappa shape index (κ3) is 3.38. The first-order valence-corrected chi connectivity index (χ1v) is 5.09. The molecule has 0 saturated heterocycles. The Morgan fingerprint density at radius 1 is 1.64 bits per heavy atom. The fourth-order valence-electron chi connectivity index (χ4n) is 1.38. The van der Waals surface area contributed by atoms with Crippen LogP contribution in [0.5, 0.6) is 5.88 Å². The highest BCUT2D eigenvalue weighted by Crippen LogP contribution is 2.11. The zero-order chi connectivity index (χ0) is 10.4. The number of nitrogens with one attached hydrogen (secondary N) is 2. The highest BCUT2D eigenvalue weighted by molar-refractivity contribution is 5.12. The zero-order valence-corrected chi connectivity index (χ0v) is 9.13.